The molecule has 0 bridgehead atoms. The second-order valence-electron chi connectivity index (χ2n) is 3.18. The van der Waals surface area contributed by atoms with Crippen molar-refractivity contribution in [2.75, 3.05) is 5.32 Å². The summed E-state index contributed by atoms with van der Waals surface area (Å²) in [6, 6.07) is 7.33. The van der Waals surface area contributed by atoms with E-state index in [9.17, 15) is 4.79 Å². The Balaban J connectivity index is 2.01. The maximum atomic E-state index is 11.5. The average molecular weight is 265 g/mol. The normalized spacial score (nSPS) is 10.6. The van der Waals surface area contributed by atoms with Gasteiger partial charge in [-0.05, 0) is 17.7 Å². The van der Waals surface area contributed by atoms with Crippen LogP contribution in [0.15, 0.2) is 41.9 Å². The second-order valence-corrected chi connectivity index (χ2v) is 4.48. The molecule has 0 saturated carbocycles. The number of nitrogens with zero attached hydrogens (tertiary/aromatic N) is 1. The molecule has 3 nitrogen and oxygen atoms in total. The van der Waals surface area contributed by atoms with Crippen LogP contribution >= 0.6 is 22.9 Å². The van der Waals surface area contributed by atoms with Gasteiger partial charge >= 0.3 is 0 Å². The standard InChI is InChI=1S/C12H9ClN2OS/c13-10-4-2-1-3-9(10)5-6-11(16)15-12-14-7-8-17-12/h1-8H,(H,14,15,16). The van der Waals surface area contributed by atoms with Crippen LogP contribution in [0.3, 0.4) is 0 Å². The van der Waals surface area contributed by atoms with Crippen LogP contribution in [0.4, 0.5) is 5.13 Å². The molecule has 1 N–H and O–H groups in total. The molecule has 0 aliphatic heterocycles. The van der Waals surface area contributed by atoms with Crippen LogP contribution in [0.5, 0.6) is 0 Å². The summed E-state index contributed by atoms with van der Waals surface area (Å²) in [4.78, 5) is 15.5. The highest BCUT2D eigenvalue weighted by Crippen LogP contribution is 2.16. The molecule has 0 fully saturated rings. The molecule has 2 rings (SSSR count). The lowest BCUT2D eigenvalue weighted by molar-refractivity contribution is -0.111. The van der Waals surface area contributed by atoms with Crippen molar-refractivity contribution in [3.8, 4) is 0 Å². The number of benzene rings is 1. The minimum Gasteiger partial charge on any atom is -0.298 e. The number of anilines is 1. The zero-order valence-corrected chi connectivity index (χ0v) is 10.3. The molecular formula is C12H9ClN2OS. The van der Waals surface area contributed by atoms with Gasteiger partial charge in [0.2, 0.25) is 5.91 Å². The molecule has 5 heteroatoms. The minimum atomic E-state index is -0.222. The number of nitrogens with one attached hydrogen (secondary N) is 1. The Morgan fingerprint density at radius 2 is 2.24 bits per heavy atom. The fraction of sp³-hybridized carbons (Fsp3) is 0. The van der Waals surface area contributed by atoms with Gasteiger partial charge in [0.25, 0.3) is 0 Å². The Labute approximate surface area is 108 Å². The molecule has 86 valence electrons. The van der Waals surface area contributed by atoms with Gasteiger partial charge < -0.3 is 0 Å². The Bertz CT molecular complexity index is 537. The molecule has 0 unspecified atom stereocenters. The van der Waals surface area contributed by atoms with Crippen LogP contribution in [-0.4, -0.2) is 10.9 Å². The first-order chi connectivity index (χ1) is 8.25. The Morgan fingerprint density at radius 1 is 1.41 bits per heavy atom. The quantitative estimate of drug-likeness (QED) is 0.863. The van der Waals surface area contributed by atoms with Gasteiger partial charge in [0.05, 0.1) is 0 Å². The topological polar surface area (TPSA) is 42.0 Å². The number of carbonyl (C=O) groups excluding carboxylic acids is 1. The third kappa shape index (κ3) is 3.41. The third-order valence-corrected chi connectivity index (χ3v) is 3.01. The summed E-state index contributed by atoms with van der Waals surface area (Å²) >= 11 is 7.33. The van der Waals surface area contributed by atoms with Crippen LogP contribution in [-0.2, 0) is 4.79 Å². The summed E-state index contributed by atoms with van der Waals surface area (Å²) < 4.78 is 0. The number of halogens is 1. The van der Waals surface area contributed by atoms with Crippen molar-refractivity contribution in [1.29, 1.82) is 0 Å². The number of thiazole rings is 1. The fourth-order valence-corrected chi connectivity index (χ4v) is 1.94. The number of rotatable bonds is 3. The first kappa shape index (κ1) is 11.8. The third-order valence-electron chi connectivity index (χ3n) is 1.98. The van der Waals surface area contributed by atoms with E-state index in [1.54, 1.807) is 23.7 Å². The van der Waals surface area contributed by atoms with Crippen molar-refractivity contribution >= 4 is 40.1 Å². The van der Waals surface area contributed by atoms with Gasteiger partial charge in [-0.3, -0.25) is 10.1 Å². The first-order valence-corrected chi connectivity index (χ1v) is 6.14. The Kier molecular flexibility index (Phi) is 3.90. The zero-order valence-electron chi connectivity index (χ0n) is 8.76. The van der Waals surface area contributed by atoms with E-state index in [1.165, 1.54) is 17.4 Å². The van der Waals surface area contributed by atoms with E-state index in [0.29, 0.717) is 10.2 Å². The summed E-state index contributed by atoms with van der Waals surface area (Å²) in [5, 5.41) is 5.65. The molecule has 0 aliphatic rings. The van der Waals surface area contributed by atoms with E-state index in [1.807, 2.05) is 18.2 Å². The second kappa shape index (κ2) is 5.61. The van der Waals surface area contributed by atoms with E-state index in [4.69, 9.17) is 11.6 Å². The molecular weight excluding hydrogens is 256 g/mol. The highest BCUT2D eigenvalue weighted by molar-refractivity contribution is 7.13. The van der Waals surface area contributed by atoms with E-state index in [-0.39, 0.29) is 5.91 Å². The van der Waals surface area contributed by atoms with E-state index in [0.717, 1.165) is 5.56 Å². The molecule has 1 aromatic carbocycles. The number of carbonyl (C=O) groups is 1. The maximum Gasteiger partial charge on any atom is 0.250 e. The van der Waals surface area contributed by atoms with Crippen molar-refractivity contribution in [3.63, 3.8) is 0 Å². The van der Waals surface area contributed by atoms with Gasteiger partial charge in [0.15, 0.2) is 5.13 Å². The minimum absolute atomic E-state index is 0.222. The smallest absolute Gasteiger partial charge is 0.250 e. The number of hydrogen-bond donors (Lipinski definition) is 1. The fourth-order valence-electron chi connectivity index (χ4n) is 1.21. The van der Waals surface area contributed by atoms with Crippen LogP contribution in [0, 0.1) is 0 Å². The Hall–Kier alpha value is -1.65. The van der Waals surface area contributed by atoms with Crippen molar-refractivity contribution in [1.82, 2.24) is 4.98 Å². The van der Waals surface area contributed by atoms with Crippen molar-refractivity contribution in [2.24, 2.45) is 0 Å². The highest BCUT2D eigenvalue weighted by atomic mass is 35.5. The number of aromatic nitrogens is 1. The molecule has 0 atom stereocenters. The SMILES string of the molecule is O=C(C=Cc1ccccc1Cl)Nc1nccs1. The van der Waals surface area contributed by atoms with Crippen molar-refractivity contribution in [3.05, 3.63) is 52.5 Å². The van der Waals surface area contributed by atoms with Crippen LogP contribution < -0.4 is 5.32 Å². The summed E-state index contributed by atoms with van der Waals surface area (Å²) in [6.45, 7) is 0. The van der Waals surface area contributed by atoms with Crippen LogP contribution in [0.1, 0.15) is 5.56 Å². The summed E-state index contributed by atoms with van der Waals surface area (Å²) in [5.41, 5.74) is 0.809. The molecule has 1 amide bonds. The van der Waals surface area contributed by atoms with Gasteiger partial charge in [-0.2, -0.15) is 0 Å². The van der Waals surface area contributed by atoms with Gasteiger partial charge in [-0.15, -0.1) is 11.3 Å². The van der Waals surface area contributed by atoms with Crippen molar-refractivity contribution < 1.29 is 4.79 Å². The number of hydrogen-bond acceptors (Lipinski definition) is 3. The summed E-state index contributed by atoms with van der Waals surface area (Å²) in [5.74, 6) is -0.222. The van der Waals surface area contributed by atoms with Crippen LogP contribution in [0.2, 0.25) is 5.02 Å². The maximum absolute atomic E-state index is 11.5. The monoisotopic (exact) mass is 264 g/mol. The van der Waals surface area contributed by atoms with Crippen LogP contribution in [0.25, 0.3) is 6.08 Å². The Morgan fingerprint density at radius 3 is 2.94 bits per heavy atom. The highest BCUT2D eigenvalue weighted by Gasteiger charge is 2.00. The van der Waals surface area contributed by atoms with Crippen molar-refractivity contribution in [2.45, 2.75) is 0 Å². The molecule has 0 saturated heterocycles. The molecule has 1 heterocycles. The van der Waals surface area contributed by atoms with E-state index in [2.05, 4.69) is 10.3 Å². The zero-order chi connectivity index (χ0) is 12.1. The molecule has 0 spiro atoms. The van der Waals surface area contributed by atoms with Gasteiger partial charge in [0.1, 0.15) is 0 Å². The van der Waals surface area contributed by atoms with Gasteiger partial charge in [-0.1, -0.05) is 29.8 Å². The number of amides is 1. The molecule has 0 aliphatic carbocycles. The molecule has 17 heavy (non-hydrogen) atoms. The van der Waals surface area contributed by atoms with E-state index >= 15 is 0 Å². The average Bonchev–Trinajstić information content (AvgIpc) is 2.81. The lowest BCUT2D eigenvalue weighted by Crippen LogP contribution is -2.07. The van der Waals surface area contributed by atoms with E-state index < -0.39 is 0 Å². The molecule has 1 aromatic heterocycles. The first-order valence-electron chi connectivity index (χ1n) is 4.89. The van der Waals surface area contributed by atoms with Gasteiger partial charge in [-0.25, -0.2) is 4.98 Å². The predicted molar refractivity (Wildman–Crippen MR) is 71.2 cm³/mol. The summed E-state index contributed by atoms with van der Waals surface area (Å²) in [6.07, 6.45) is 4.74. The largest absolute Gasteiger partial charge is 0.298 e. The molecule has 0 radical (unpaired) electrons. The van der Waals surface area contributed by atoms with Gasteiger partial charge in [0, 0.05) is 22.7 Å². The summed E-state index contributed by atoms with van der Waals surface area (Å²) in [7, 11) is 0. The predicted octanol–water partition coefficient (Wildman–Crippen LogP) is 3.45. The molecule has 2 aromatic rings. The lowest BCUT2D eigenvalue weighted by atomic mass is 10.2. The lowest BCUT2D eigenvalue weighted by Gasteiger charge is -1.97.